The average molecular weight is 246 g/mol. The van der Waals surface area contributed by atoms with E-state index in [1.165, 1.54) is 0 Å². The lowest BCUT2D eigenvalue weighted by Crippen LogP contribution is -2.08. The Hall–Kier alpha value is -2.43. The SMILES string of the molecule is O=C(O)c1cc(F)cnc1NCc1ccccc1. The summed E-state index contributed by atoms with van der Waals surface area (Å²) >= 11 is 0. The molecule has 1 aromatic heterocycles. The number of nitrogens with zero attached hydrogens (tertiary/aromatic N) is 1. The van der Waals surface area contributed by atoms with Crippen molar-refractivity contribution in [2.45, 2.75) is 6.54 Å². The van der Waals surface area contributed by atoms with Gasteiger partial charge in [-0.05, 0) is 11.6 Å². The number of pyridine rings is 1. The van der Waals surface area contributed by atoms with Gasteiger partial charge in [-0.3, -0.25) is 0 Å². The maximum atomic E-state index is 12.9. The largest absolute Gasteiger partial charge is 0.478 e. The molecular weight excluding hydrogens is 235 g/mol. The van der Waals surface area contributed by atoms with Crippen LogP contribution in [0.5, 0.6) is 0 Å². The average Bonchev–Trinajstić information content (AvgIpc) is 2.38. The fraction of sp³-hybridized carbons (Fsp3) is 0.0769. The number of nitrogens with one attached hydrogen (secondary N) is 1. The molecule has 0 saturated heterocycles. The highest BCUT2D eigenvalue weighted by Crippen LogP contribution is 2.14. The molecule has 18 heavy (non-hydrogen) atoms. The van der Waals surface area contributed by atoms with Gasteiger partial charge < -0.3 is 10.4 Å². The fourth-order valence-electron chi connectivity index (χ4n) is 1.52. The quantitative estimate of drug-likeness (QED) is 0.870. The van der Waals surface area contributed by atoms with Gasteiger partial charge in [0.2, 0.25) is 0 Å². The van der Waals surface area contributed by atoms with Crippen LogP contribution in [0.15, 0.2) is 42.6 Å². The first-order chi connectivity index (χ1) is 8.66. The first-order valence-electron chi connectivity index (χ1n) is 5.33. The molecule has 0 aliphatic carbocycles. The Morgan fingerprint density at radius 3 is 2.72 bits per heavy atom. The molecule has 5 heteroatoms. The second-order valence-electron chi connectivity index (χ2n) is 3.69. The van der Waals surface area contributed by atoms with E-state index >= 15 is 0 Å². The molecule has 0 atom stereocenters. The van der Waals surface area contributed by atoms with Gasteiger partial charge in [0.1, 0.15) is 17.2 Å². The minimum absolute atomic E-state index is 0.160. The van der Waals surface area contributed by atoms with Crippen LogP contribution in [-0.4, -0.2) is 16.1 Å². The molecular formula is C13H11FN2O2. The molecule has 0 saturated carbocycles. The van der Waals surface area contributed by atoms with Gasteiger partial charge in [-0.15, -0.1) is 0 Å². The molecule has 0 fully saturated rings. The molecule has 1 aromatic carbocycles. The molecule has 2 N–H and O–H groups in total. The van der Waals surface area contributed by atoms with Crippen LogP contribution < -0.4 is 5.32 Å². The number of carbonyl (C=O) groups is 1. The Kier molecular flexibility index (Phi) is 3.52. The molecule has 0 spiro atoms. The molecule has 0 bridgehead atoms. The van der Waals surface area contributed by atoms with Crippen LogP contribution >= 0.6 is 0 Å². The summed E-state index contributed by atoms with van der Waals surface area (Å²) in [4.78, 5) is 14.7. The monoisotopic (exact) mass is 246 g/mol. The van der Waals surface area contributed by atoms with Crippen LogP contribution in [0.25, 0.3) is 0 Å². The first-order valence-corrected chi connectivity index (χ1v) is 5.33. The van der Waals surface area contributed by atoms with Gasteiger partial charge in [-0.1, -0.05) is 30.3 Å². The molecule has 0 aliphatic rings. The maximum absolute atomic E-state index is 12.9. The normalized spacial score (nSPS) is 10.1. The molecule has 2 aromatic rings. The molecule has 0 radical (unpaired) electrons. The number of hydrogen-bond donors (Lipinski definition) is 2. The number of carboxylic acid groups (broad SMARTS) is 1. The predicted molar refractivity (Wildman–Crippen MR) is 64.9 cm³/mol. The van der Waals surface area contributed by atoms with Gasteiger partial charge in [-0.25, -0.2) is 14.2 Å². The van der Waals surface area contributed by atoms with Crippen molar-refractivity contribution < 1.29 is 14.3 Å². The minimum atomic E-state index is -1.21. The Morgan fingerprint density at radius 1 is 1.33 bits per heavy atom. The summed E-state index contributed by atoms with van der Waals surface area (Å²) in [5, 5.41) is 11.8. The molecule has 0 unspecified atom stereocenters. The van der Waals surface area contributed by atoms with Gasteiger partial charge in [-0.2, -0.15) is 0 Å². The van der Waals surface area contributed by atoms with Crippen molar-refractivity contribution in [1.29, 1.82) is 0 Å². The Balaban J connectivity index is 2.17. The number of benzene rings is 1. The summed E-state index contributed by atoms with van der Waals surface area (Å²) in [6.45, 7) is 0.430. The first kappa shape index (κ1) is 12.0. The third-order valence-corrected chi connectivity index (χ3v) is 2.39. The molecule has 0 aliphatic heterocycles. The van der Waals surface area contributed by atoms with Gasteiger partial charge >= 0.3 is 5.97 Å². The minimum Gasteiger partial charge on any atom is -0.478 e. The predicted octanol–water partition coefficient (Wildman–Crippen LogP) is 2.53. The molecule has 92 valence electrons. The lowest BCUT2D eigenvalue weighted by molar-refractivity contribution is 0.0697. The number of aromatic carboxylic acids is 1. The molecule has 1 heterocycles. The number of anilines is 1. The van der Waals surface area contributed by atoms with Gasteiger partial charge in [0.15, 0.2) is 0 Å². The summed E-state index contributed by atoms with van der Waals surface area (Å²) in [6, 6.07) is 10.4. The molecule has 0 amide bonds. The number of rotatable bonds is 4. The van der Waals surface area contributed by atoms with E-state index in [-0.39, 0.29) is 11.4 Å². The van der Waals surface area contributed by atoms with Crippen molar-refractivity contribution in [2.75, 3.05) is 5.32 Å². The Morgan fingerprint density at radius 2 is 2.06 bits per heavy atom. The van der Waals surface area contributed by atoms with E-state index in [0.29, 0.717) is 6.54 Å². The Labute approximate surface area is 103 Å². The van der Waals surface area contributed by atoms with E-state index in [1.807, 2.05) is 30.3 Å². The zero-order valence-electron chi connectivity index (χ0n) is 9.43. The van der Waals surface area contributed by atoms with E-state index in [4.69, 9.17) is 5.11 Å². The van der Waals surface area contributed by atoms with Crippen molar-refractivity contribution in [1.82, 2.24) is 4.98 Å². The number of halogens is 1. The van der Waals surface area contributed by atoms with E-state index in [1.54, 1.807) is 0 Å². The van der Waals surface area contributed by atoms with Crippen molar-refractivity contribution in [3.8, 4) is 0 Å². The van der Waals surface area contributed by atoms with Crippen LogP contribution in [-0.2, 0) is 6.54 Å². The van der Waals surface area contributed by atoms with Crippen LogP contribution in [0.4, 0.5) is 10.2 Å². The highest BCUT2D eigenvalue weighted by atomic mass is 19.1. The van der Waals surface area contributed by atoms with E-state index in [9.17, 15) is 9.18 Å². The summed E-state index contributed by atoms with van der Waals surface area (Å²) in [5.74, 6) is -1.72. The molecule has 4 nitrogen and oxygen atoms in total. The second-order valence-corrected chi connectivity index (χ2v) is 3.69. The summed E-state index contributed by atoms with van der Waals surface area (Å²) in [5.41, 5.74) is 0.811. The summed E-state index contributed by atoms with van der Waals surface area (Å²) in [6.07, 6.45) is 0.986. The van der Waals surface area contributed by atoms with Gasteiger partial charge in [0.25, 0.3) is 0 Å². The zero-order chi connectivity index (χ0) is 13.0. The maximum Gasteiger partial charge on any atom is 0.339 e. The highest BCUT2D eigenvalue weighted by molar-refractivity contribution is 5.93. The highest BCUT2D eigenvalue weighted by Gasteiger charge is 2.12. The van der Waals surface area contributed by atoms with Crippen LogP contribution in [0.1, 0.15) is 15.9 Å². The van der Waals surface area contributed by atoms with Crippen molar-refractivity contribution >= 4 is 11.8 Å². The third-order valence-electron chi connectivity index (χ3n) is 2.39. The van der Waals surface area contributed by atoms with Crippen LogP contribution in [0.2, 0.25) is 0 Å². The van der Waals surface area contributed by atoms with Crippen molar-refractivity contribution in [3.63, 3.8) is 0 Å². The van der Waals surface area contributed by atoms with E-state index in [2.05, 4.69) is 10.3 Å². The van der Waals surface area contributed by atoms with Crippen LogP contribution in [0.3, 0.4) is 0 Å². The summed E-state index contributed by atoms with van der Waals surface area (Å²) < 4.78 is 12.9. The number of aromatic nitrogens is 1. The Bertz CT molecular complexity index is 558. The third kappa shape index (κ3) is 2.82. The second kappa shape index (κ2) is 5.27. The number of carboxylic acids is 1. The number of hydrogen-bond acceptors (Lipinski definition) is 3. The van der Waals surface area contributed by atoms with Gasteiger partial charge in [0, 0.05) is 6.54 Å². The topological polar surface area (TPSA) is 62.2 Å². The van der Waals surface area contributed by atoms with Gasteiger partial charge in [0.05, 0.1) is 6.20 Å². The fourth-order valence-corrected chi connectivity index (χ4v) is 1.52. The van der Waals surface area contributed by atoms with E-state index < -0.39 is 11.8 Å². The van der Waals surface area contributed by atoms with Crippen LogP contribution in [0, 0.1) is 5.82 Å². The van der Waals surface area contributed by atoms with Crippen molar-refractivity contribution in [2.24, 2.45) is 0 Å². The lowest BCUT2D eigenvalue weighted by Gasteiger charge is -2.08. The molecule has 2 rings (SSSR count). The standard InChI is InChI=1S/C13H11FN2O2/c14-10-6-11(13(17)18)12(16-8-10)15-7-9-4-2-1-3-5-9/h1-6,8H,7H2,(H,15,16)(H,17,18). The zero-order valence-corrected chi connectivity index (χ0v) is 9.43. The van der Waals surface area contributed by atoms with E-state index in [0.717, 1.165) is 17.8 Å². The summed E-state index contributed by atoms with van der Waals surface area (Å²) in [7, 11) is 0. The van der Waals surface area contributed by atoms with Crippen molar-refractivity contribution in [3.05, 3.63) is 59.5 Å². The lowest BCUT2D eigenvalue weighted by atomic mass is 10.2. The smallest absolute Gasteiger partial charge is 0.339 e.